The summed E-state index contributed by atoms with van der Waals surface area (Å²) < 4.78 is 0. The van der Waals surface area contributed by atoms with Crippen molar-refractivity contribution in [3.05, 3.63) is 41.5 Å². The maximum Gasteiger partial charge on any atom is 0.269 e. The van der Waals surface area contributed by atoms with E-state index in [0.29, 0.717) is 18.8 Å². The molecular formula is C13H17N5O. The molecule has 0 radical (unpaired) electrons. The molecule has 2 aromatic rings. The molecule has 2 rings (SSSR count). The second-order valence-corrected chi connectivity index (χ2v) is 4.16. The van der Waals surface area contributed by atoms with Crippen LogP contribution in [0.3, 0.4) is 0 Å². The smallest absolute Gasteiger partial charge is 0.269 e. The van der Waals surface area contributed by atoms with Crippen LogP contribution in [0.25, 0.3) is 0 Å². The van der Waals surface area contributed by atoms with Gasteiger partial charge < -0.3 is 10.6 Å². The maximum atomic E-state index is 11.7. The van der Waals surface area contributed by atoms with E-state index >= 15 is 0 Å². The zero-order valence-corrected chi connectivity index (χ0v) is 11.0. The second kappa shape index (κ2) is 5.99. The Morgan fingerprint density at radius 3 is 3.00 bits per heavy atom. The molecule has 3 N–H and O–H groups in total. The third kappa shape index (κ3) is 3.31. The highest BCUT2D eigenvalue weighted by Gasteiger charge is 2.06. The molecule has 2 heterocycles. The van der Waals surface area contributed by atoms with Crippen LogP contribution in [0.2, 0.25) is 0 Å². The van der Waals surface area contributed by atoms with E-state index in [4.69, 9.17) is 0 Å². The van der Waals surface area contributed by atoms with Crippen LogP contribution in [-0.4, -0.2) is 27.6 Å². The summed E-state index contributed by atoms with van der Waals surface area (Å²) in [5.41, 5.74) is 3.40. The van der Waals surface area contributed by atoms with Crippen molar-refractivity contribution < 1.29 is 4.79 Å². The molecule has 0 aromatic carbocycles. The molecule has 100 valence electrons. The van der Waals surface area contributed by atoms with E-state index in [9.17, 15) is 4.79 Å². The second-order valence-electron chi connectivity index (χ2n) is 4.16. The molecular weight excluding hydrogens is 242 g/mol. The van der Waals surface area contributed by atoms with Gasteiger partial charge in [0.2, 0.25) is 0 Å². The summed E-state index contributed by atoms with van der Waals surface area (Å²) in [6.45, 7) is 5.09. The predicted octanol–water partition coefficient (Wildman–Crippen LogP) is 1.47. The van der Waals surface area contributed by atoms with Crippen LogP contribution in [0.15, 0.2) is 24.5 Å². The summed E-state index contributed by atoms with van der Waals surface area (Å²) >= 11 is 0. The summed E-state index contributed by atoms with van der Waals surface area (Å²) in [5, 5.41) is 12.8. The van der Waals surface area contributed by atoms with Gasteiger partial charge in [0.15, 0.2) is 0 Å². The molecule has 2 aromatic heterocycles. The Balaban J connectivity index is 2.03. The van der Waals surface area contributed by atoms with Gasteiger partial charge in [0.1, 0.15) is 5.69 Å². The van der Waals surface area contributed by atoms with Gasteiger partial charge in [-0.05, 0) is 26.0 Å². The van der Waals surface area contributed by atoms with E-state index in [2.05, 4.69) is 25.8 Å². The lowest BCUT2D eigenvalue weighted by Gasteiger charge is -2.07. The van der Waals surface area contributed by atoms with E-state index in [-0.39, 0.29) is 5.91 Å². The Morgan fingerprint density at radius 2 is 2.32 bits per heavy atom. The molecule has 6 heteroatoms. The van der Waals surface area contributed by atoms with Crippen molar-refractivity contribution in [3.63, 3.8) is 0 Å². The lowest BCUT2D eigenvalue weighted by Crippen LogP contribution is -2.23. The predicted molar refractivity (Wildman–Crippen MR) is 72.9 cm³/mol. The van der Waals surface area contributed by atoms with Gasteiger partial charge in [-0.25, -0.2) is 0 Å². The van der Waals surface area contributed by atoms with Crippen LogP contribution in [-0.2, 0) is 6.54 Å². The number of aryl methyl sites for hydroxylation is 1. The lowest BCUT2D eigenvalue weighted by molar-refractivity contribution is 0.0951. The number of rotatable bonds is 5. The summed E-state index contributed by atoms with van der Waals surface area (Å²) in [5.74, 6) is -0.161. The number of carbonyl (C=O) groups is 1. The Kier molecular flexibility index (Phi) is 4.12. The van der Waals surface area contributed by atoms with Crippen molar-refractivity contribution in [1.82, 2.24) is 20.5 Å². The SMILES string of the molecule is CCNC(=O)c1cc(NCc2cn[nH]c2C)ccn1. The zero-order chi connectivity index (χ0) is 13.7. The van der Waals surface area contributed by atoms with Crippen LogP contribution in [0, 0.1) is 6.92 Å². The number of carbonyl (C=O) groups excluding carboxylic acids is 1. The molecule has 0 spiro atoms. The number of nitrogens with zero attached hydrogens (tertiary/aromatic N) is 2. The highest BCUT2D eigenvalue weighted by molar-refractivity contribution is 5.93. The first-order valence-electron chi connectivity index (χ1n) is 6.17. The fraction of sp³-hybridized carbons (Fsp3) is 0.308. The molecule has 0 saturated carbocycles. The van der Waals surface area contributed by atoms with Gasteiger partial charge in [-0.3, -0.25) is 14.9 Å². The van der Waals surface area contributed by atoms with Gasteiger partial charge in [0, 0.05) is 36.2 Å². The van der Waals surface area contributed by atoms with Gasteiger partial charge in [-0.15, -0.1) is 0 Å². The first-order valence-corrected chi connectivity index (χ1v) is 6.17. The minimum Gasteiger partial charge on any atom is -0.381 e. The Morgan fingerprint density at radius 1 is 1.47 bits per heavy atom. The van der Waals surface area contributed by atoms with Crippen LogP contribution < -0.4 is 10.6 Å². The zero-order valence-electron chi connectivity index (χ0n) is 11.0. The topological polar surface area (TPSA) is 82.7 Å². The molecule has 0 aliphatic carbocycles. The standard InChI is InChI=1S/C13H17N5O/c1-3-14-13(19)12-6-11(4-5-15-12)16-7-10-8-17-18-9(10)2/h4-6,8H,3,7H2,1-2H3,(H,14,19)(H,15,16)(H,17,18). The fourth-order valence-corrected chi connectivity index (χ4v) is 1.67. The maximum absolute atomic E-state index is 11.7. The fourth-order valence-electron chi connectivity index (χ4n) is 1.67. The van der Waals surface area contributed by atoms with Gasteiger partial charge >= 0.3 is 0 Å². The molecule has 0 saturated heterocycles. The molecule has 19 heavy (non-hydrogen) atoms. The van der Waals surface area contributed by atoms with Crippen molar-refractivity contribution in [2.24, 2.45) is 0 Å². The van der Waals surface area contributed by atoms with Gasteiger partial charge in [-0.2, -0.15) is 5.10 Å². The van der Waals surface area contributed by atoms with Crippen molar-refractivity contribution >= 4 is 11.6 Å². The molecule has 0 aliphatic heterocycles. The quantitative estimate of drug-likeness (QED) is 0.759. The number of hydrogen-bond donors (Lipinski definition) is 3. The summed E-state index contributed by atoms with van der Waals surface area (Å²) in [6, 6.07) is 3.57. The molecule has 0 atom stereocenters. The molecule has 1 amide bonds. The summed E-state index contributed by atoms with van der Waals surface area (Å²) in [4.78, 5) is 15.7. The third-order valence-corrected chi connectivity index (χ3v) is 2.75. The molecule has 0 bridgehead atoms. The first-order chi connectivity index (χ1) is 9.20. The highest BCUT2D eigenvalue weighted by atomic mass is 16.1. The minimum atomic E-state index is -0.161. The Hall–Kier alpha value is -2.37. The normalized spacial score (nSPS) is 10.2. The van der Waals surface area contributed by atoms with Gasteiger partial charge in [-0.1, -0.05) is 0 Å². The number of nitrogens with one attached hydrogen (secondary N) is 3. The van der Waals surface area contributed by atoms with E-state index in [1.807, 2.05) is 19.9 Å². The number of aromatic amines is 1. The van der Waals surface area contributed by atoms with Crippen molar-refractivity contribution in [2.45, 2.75) is 20.4 Å². The number of pyridine rings is 1. The number of anilines is 1. The van der Waals surface area contributed by atoms with E-state index in [1.54, 1.807) is 18.5 Å². The number of hydrogen-bond acceptors (Lipinski definition) is 4. The van der Waals surface area contributed by atoms with Crippen LogP contribution in [0.1, 0.15) is 28.7 Å². The summed E-state index contributed by atoms with van der Waals surface area (Å²) in [6.07, 6.45) is 3.41. The Bertz CT molecular complexity index is 564. The average Bonchev–Trinajstić information content (AvgIpc) is 2.82. The lowest BCUT2D eigenvalue weighted by atomic mass is 10.2. The molecule has 0 unspecified atom stereocenters. The van der Waals surface area contributed by atoms with Crippen molar-refractivity contribution in [1.29, 1.82) is 0 Å². The van der Waals surface area contributed by atoms with E-state index < -0.39 is 0 Å². The van der Waals surface area contributed by atoms with Gasteiger partial charge in [0.25, 0.3) is 5.91 Å². The van der Waals surface area contributed by atoms with Gasteiger partial charge in [0.05, 0.1) is 6.20 Å². The molecule has 0 aliphatic rings. The van der Waals surface area contributed by atoms with E-state index in [1.165, 1.54) is 0 Å². The third-order valence-electron chi connectivity index (χ3n) is 2.75. The van der Waals surface area contributed by atoms with Crippen LogP contribution in [0.5, 0.6) is 0 Å². The van der Waals surface area contributed by atoms with E-state index in [0.717, 1.165) is 16.9 Å². The average molecular weight is 259 g/mol. The number of amides is 1. The monoisotopic (exact) mass is 259 g/mol. The largest absolute Gasteiger partial charge is 0.381 e. The Labute approximate surface area is 111 Å². The number of aromatic nitrogens is 3. The van der Waals surface area contributed by atoms with Crippen molar-refractivity contribution in [2.75, 3.05) is 11.9 Å². The first kappa shape index (κ1) is 13.1. The minimum absolute atomic E-state index is 0.161. The summed E-state index contributed by atoms with van der Waals surface area (Å²) in [7, 11) is 0. The molecule has 6 nitrogen and oxygen atoms in total. The highest BCUT2D eigenvalue weighted by Crippen LogP contribution is 2.11. The van der Waals surface area contributed by atoms with Crippen LogP contribution in [0.4, 0.5) is 5.69 Å². The molecule has 0 fully saturated rings. The van der Waals surface area contributed by atoms with Crippen molar-refractivity contribution in [3.8, 4) is 0 Å². The van der Waals surface area contributed by atoms with Crippen LogP contribution >= 0.6 is 0 Å². The number of H-pyrrole nitrogens is 1.